The number of piperazine rings is 1. The molecule has 0 radical (unpaired) electrons. The number of fused-ring (bicyclic) bond motifs is 2. The van der Waals surface area contributed by atoms with Crippen molar-refractivity contribution in [2.45, 2.75) is 44.7 Å². The molecule has 0 unspecified atom stereocenters. The lowest BCUT2D eigenvalue weighted by Crippen LogP contribution is -3.18. The fraction of sp³-hybridized carbons (Fsp3) is 0.444. The highest BCUT2D eigenvalue weighted by molar-refractivity contribution is 7.71. The summed E-state index contributed by atoms with van der Waals surface area (Å²) in [5.41, 5.74) is 1.88. The number of nitrogens with zero attached hydrogens (tertiary/aromatic N) is 2. The minimum Gasteiger partial charge on any atom is -0.454 e. The lowest BCUT2D eigenvalue weighted by atomic mass is 9.94. The number of quaternary nitrogens is 1. The van der Waals surface area contributed by atoms with Gasteiger partial charge < -0.3 is 24.3 Å². The lowest BCUT2D eigenvalue weighted by molar-refractivity contribution is -0.930. The summed E-state index contributed by atoms with van der Waals surface area (Å²) in [4.78, 5) is 33.3. The molecule has 1 saturated heterocycles. The van der Waals surface area contributed by atoms with Crippen LogP contribution in [0.4, 0.5) is 0 Å². The van der Waals surface area contributed by atoms with Crippen molar-refractivity contribution in [3.8, 4) is 11.5 Å². The average molecular weight is 508 g/mol. The van der Waals surface area contributed by atoms with Crippen LogP contribution in [0.25, 0.3) is 10.9 Å². The molecular weight excluding hydrogens is 476 g/mol. The predicted octanol–water partition coefficient (Wildman–Crippen LogP) is 2.51. The quantitative estimate of drug-likeness (QED) is 0.531. The van der Waals surface area contributed by atoms with Crippen LogP contribution < -0.4 is 19.9 Å². The SMILES string of the molecule is O=C(c1ccc2c(=O)n(Cc3ccc4c(c3)OCO4)c(=S)[nH]c2c1)N1CC[NH+](C2CCCCC2)CC1. The zero-order valence-corrected chi connectivity index (χ0v) is 21.1. The highest BCUT2D eigenvalue weighted by atomic mass is 32.1. The van der Waals surface area contributed by atoms with E-state index in [0.29, 0.717) is 39.3 Å². The third kappa shape index (κ3) is 4.41. The highest BCUT2D eigenvalue weighted by Gasteiger charge is 2.30. The molecule has 2 N–H and O–H groups in total. The number of carbonyl (C=O) groups excluding carboxylic acids is 1. The number of ether oxygens (including phenoxy) is 2. The summed E-state index contributed by atoms with van der Waals surface area (Å²) in [6, 6.07) is 11.6. The van der Waals surface area contributed by atoms with Crippen molar-refractivity contribution in [3.63, 3.8) is 0 Å². The Labute approximate surface area is 214 Å². The van der Waals surface area contributed by atoms with Crippen LogP contribution in [0.2, 0.25) is 0 Å². The van der Waals surface area contributed by atoms with Crippen molar-refractivity contribution in [3.05, 3.63) is 62.6 Å². The van der Waals surface area contributed by atoms with E-state index in [4.69, 9.17) is 21.7 Å². The second-order valence-corrected chi connectivity index (χ2v) is 10.4. The largest absolute Gasteiger partial charge is 0.454 e. The summed E-state index contributed by atoms with van der Waals surface area (Å²) in [6.45, 7) is 4.09. The van der Waals surface area contributed by atoms with Crippen LogP contribution in [0, 0.1) is 4.77 Å². The number of carbonyl (C=O) groups is 1. The molecule has 1 aliphatic carbocycles. The molecule has 2 aromatic carbocycles. The summed E-state index contributed by atoms with van der Waals surface area (Å²) in [5, 5.41) is 0.507. The van der Waals surface area contributed by atoms with Gasteiger partial charge in [-0.3, -0.25) is 14.2 Å². The maximum atomic E-state index is 13.3. The fourth-order valence-corrected chi connectivity index (χ4v) is 6.11. The van der Waals surface area contributed by atoms with Crippen molar-refractivity contribution < 1.29 is 19.2 Å². The summed E-state index contributed by atoms with van der Waals surface area (Å²) < 4.78 is 12.7. The van der Waals surface area contributed by atoms with Gasteiger partial charge in [0.1, 0.15) is 0 Å². The number of hydrogen-bond donors (Lipinski definition) is 2. The van der Waals surface area contributed by atoms with Crippen LogP contribution in [0.1, 0.15) is 48.0 Å². The molecule has 3 aliphatic rings. The number of aromatic amines is 1. The van der Waals surface area contributed by atoms with Gasteiger partial charge in [0.15, 0.2) is 16.3 Å². The minimum absolute atomic E-state index is 0.0171. The van der Waals surface area contributed by atoms with E-state index in [1.54, 1.807) is 23.1 Å². The van der Waals surface area contributed by atoms with Crippen LogP contribution in [0.3, 0.4) is 0 Å². The zero-order valence-electron chi connectivity index (χ0n) is 20.3. The molecule has 36 heavy (non-hydrogen) atoms. The van der Waals surface area contributed by atoms with E-state index in [1.165, 1.54) is 36.7 Å². The van der Waals surface area contributed by atoms with Crippen molar-refractivity contribution in [2.24, 2.45) is 0 Å². The maximum Gasteiger partial charge on any atom is 0.262 e. The number of hydrogen-bond acceptors (Lipinski definition) is 5. The van der Waals surface area contributed by atoms with Crippen LogP contribution in [0.15, 0.2) is 41.2 Å². The first-order valence-corrected chi connectivity index (χ1v) is 13.3. The summed E-state index contributed by atoms with van der Waals surface area (Å²) in [7, 11) is 0. The number of benzene rings is 2. The summed E-state index contributed by atoms with van der Waals surface area (Å²) in [5.74, 6) is 1.38. The van der Waals surface area contributed by atoms with Crippen LogP contribution in [-0.2, 0) is 6.54 Å². The van der Waals surface area contributed by atoms with E-state index in [-0.39, 0.29) is 18.3 Å². The molecule has 1 amide bonds. The van der Waals surface area contributed by atoms with Gasteiger partial charge in [-0.15, -0.1) is 0 Å². The van der Waals surface area contributed by atoms with Gasteiger partial charge in [0.2, 0.25) is 6.79 Å². The van der Waals surface area contributed by atoms with Crippen molar-refractivity contribution >= 4 is 29.0 Å². The first-order chi connectivity index (χ1) is 17.6. The van der Waals surface area contributed by atoms with Gasteiger partial charge in [-0.05, 0) is 73.8 Å². The van der Waals surface area contributed by atoms with E-state index in [0.717, 1.165) is 37.8 Å². The molecule has 0 bridgehead atoms. The number of aromatic nitrogens is 2. The molecule has 1 aromatic heterocycles. The van der Waals surface area contributed by atoms with Crippen molar-refractivity contribution in [1.29, 1.82) is 0 Å². The van der Waals surface area contributed by atoms with E-state index in [1.807, 2.05) is 23.1 Å². The van der Waals surface area contributed by atoms with Gasteiger partial charge in [0.05, 0.1) is 49.7 Å². The van der Waals surface area contributed by atoms with Gasteiger partial charge in [-0.2, -0.15) is 0 Å². The smallest absolute Gasteiger partial charge is 0.262 e. The van der Waals surface area contributed by atoms with Crippen molar-refractivity contribution in [1.82, 2.24) is 14.5 Å². The minimum atomic E-state index is -0.185. The lowest BCUT2D eigenvalue weighted by Gasteiger charge is -2.38. The molecule has 3 heterocycles. The van der Waals surface area contributed by atoms with E-state index < -0.39 is 0 Å². The van der Waals surface area contributed by atoms with Gasteiger partial charge in [0, 0.05) is 5.56 Å². The molecule has 9 heteroatoms. The third-order valence-electron chi connectivity index (χ3n) is 7.88. The monoisotopic (exact) mass is 507 g/mol. The number of rotatable bonds is 4. The standard InChI is InChI=1S/C27H30N4O4S/c32-25(30-12-10-29(11-13-30)20-4-2-1-3-5-20)19-7-8-21-22(15-19)28-27(36)31(26(21)33)16-18-6-9-23-24(14-18)35-17-34-23/h6-9,14-15,20H,1-5,10-13,16-17H2,(H,28,36)/p+1. The Morgan fingerprint density at radius 2 is 1.81 bits per heavy atom. The Hall–Kier alpha value is -3.17. The van der Waals surface area contributed by atoms with Gasteiger partial charge in [-0.1, -0.05) is 12.5 Å². The molecule has 2 fully saturated rings. The molecule has 2 aliphatic heterocycles. The number of nitrogens with one attached hydrogen (secondary N) is 2. The second-order valence-electron chi connectivity index (χ2n) is 10.1. The Morgan fingerprint density at radius 3 is 2.61 bits per heavy atom. The fourth-order valence-electron chi connectivity index (χ4n) is 5.85. The zero-order chi connectivity index (χ0) is 24.6. The first-order valence-electron chi connectivity index (χ1n) is 12.9. The highest BCUT2D eigenvalue weighted by Crippen LogP contribution is 2.32. The molecular formula is C27H31N4O4S+. The van der Waals surface area contributed by atoms with E-state index >= 15 is 0 Å². The summed E-state index contributed by atoms with van der Waals surface area (Å²) >= 11 is 5.53. The topological polar surface area (TPSA) is 81.0 Å². The molecule has 188 valence electrons. The van der Waals surface area contributed by atoms with Crippen LogP contribution in [0.5, 0.6) is 11.5 Å². The van der Waals surface area contributed by atoms with Gasteiger partial charge in [0.25, 0.3) is 11.5 Å². The predicted molar refractivity (Wildman–Crippen MR) is 139 cm³/mol. The van der Waals surface area contributed by atoms with Gasteiger partial charge in [-0.25, -0.2) is 0 Å². The normalized spacial score (nSPS) is 18.6. The van der Waals surface area contributed by atoms with Crippen molar-refractivity contribution in [2.75, 3.05) is 33.0 Å². The van der Waals surface area contributed by atoms with Crippen LogP contribution >= 0.6 is 12.2 Å². The van der Waals surface area contributed by atoms with E-state index in [2.05, 4.69) is 4.98 Å². The van der Waals surface area contributed by atoms with E-state index in [9.17, 15) is 9.59 Å². The molecule has 1 saturated carbocycles. The van der Waals surface area contributed by atoms with Crippen LogP contribution in [-0.4, -0.2) is 59.4 Å². The average Bonchev–Trinajstić information content (AvgIpc) is 3.39. The molecule has 0 spiro atoms. The Balaban J connectivity index is 1.19. The Kier molecular flexibility index (Phi) is 6.27. The Bertz CT molecular complexity index is 1420. The number of H-pyrrole nitrogens is 1. The third-order valence-corrected chi connectivity index (χ3v) is 8.20. The van der Waals surface area contributed by atoms with Gasteiger partial charge >= 0.3 is 0 Å². The second kappa shape index (κ2) is 9.71. The molecule has 0 atom stereocenters. The number of amides is 1. The first kappa shape index (κ1) is 23.2. The maximum absolute atomic E-state index is 13.3. The molecule has 3 aromatic rings. The Morgan fingerprint density at radius 1 is 1.03 bits per heavy atom. The molecule has 6 rings (SSSR count). The summed E-state index contributed by atoms with van der Waals surface area (Å²) in [6.07, 6.45) is 6.68. The molecule has 8 nitrogen and oxygen atoms in total.